The maximum Gasteiger partial charge on any atom is 0.243 e. The lowest BCUT2D eigenvalue weighted by Gasteiger charge is -2.18. The Labute approximate surface area is 113 Å². The minimum atomic E-state index is -0.593. The highest BCUT2D eigenvalue weighted by atomic mass is 35.5. The van der Waals surface area contributed by atoms with Crippen LogP contribution in [0.15, 0.2) is 30.3 Å². The van der Waals surface area contributed by atoms with Crippen molar-refractivity contribution >= 4 is 29.9 Å². The zero-order valence-corrected chi connectivity index (χ0v) is 11.2. The average Bonchev–Trinajstić information content (AvgIpc) is 2.28. The average molecular weight is 272 g/mol. The maximum atomic E-state index is 11.6. The molecule has 0 bridgehead atoms. The van der Waals surface area contributed by atoms with Gasteiger partial charge >= 0.3 is 0 Å². The maximum absolute atomic E-state index is 11.6. The molecule has 0 saturated carbocycles. The Morgan fingerprint density at radius 1 is 1.33 bits per heavy atom. The van der Waals surface area contributed by atoms with Crippen molar-refractivity contribution in [1.29, 1.82) is 0 Å². The normalized spacial score (nSPS) is 11.1. The van der Waals surface area contributed by atoms with E-state index in [2.05, 4.69) is 5.32 Å². The van der Waals surface area contributed by atoms with Crippen molar-refractivity contribution in [3.63, 3.8) is 0 Å². The molecule has 3 N–H and O–H groups in total. The summed E-state index contributed by atoms with van der Waals surface area (Å²) in [5.41, 5.74) is 6.15. The fraction of sp³-hybridized carbons (Fsp3) is 0.333. The van der Waals surface area contributed by atoms with Crippen LogP contribution in [-0.2, 0) is 9.59 Å². The van der Waals surface area contributed by atoms with Crippen LogP contribution < -0.4 is 11.1 Å². The summed E-state index contributed by atoms with van der Waals surface area (Å²) in [4.78, 5) is 24.4. The lowest BCUT2D eigenvalue weighted by atomic mass is 10.3. The number of halogens is 1. The van der Waals surface area contributed by atoms with Crippen LogP contribution in [0.5, 0.6) is 0 Å². The summed E-state index contributed by atoms with van der Waals surface area (Å²) in [7, 11) is 1.55. The summed E-state index contributed by atoms with van der Waals surface area (Å²) in [5, 5.41) is 2.69. The highest BCUT2D eigenvalue weighted by molar-refractivity contribution is 5.95. The zero-order chi connectivity index (χ0) is 12.8. The molecule has 0 aliphatic rings. The van der Waals surface area contributed by atoms with Gasteiger partial charge < -0.3 is 16.0 Å². The van der Waals surface area contributed by atoms with Crippen molar-refractivity contribution in [3.8, 4) is 0 Å². The first-order valence-corrected chi connectivity index (χ1v) is 5.36. The van der Waals surface area contributed by atoms with Gasteiger partial charge in [0.1, 0.15) is 0 Å². The molecular formula is C12H18ClN3O2. The molecule has 0 aliphatic carbocycles. The van der Waals surface area contributed by atoms with Gasteiger partial charge in [-0.2, -0.15) is 0 Å². The van der Waals surface area contributed by atoms with Crippen LogP contribution >= 0.6 is 12.4 Å². The Morgan fingerprint density at radius 2 is 1.89 bits per heavy atom. The number of hydrogen-bond acceptors (Lipinski definition) is 3. The smallest absolute Gasteiger partial charge is 0.243 e. The van der Waals surface area contributed by atoms with Gasteiger partial charge in [0.2, 0.25) is 11.8 Å². The number of carbonyl (C=O) groups is 2. The molecule has 0 heterocycles. The number of likely N-dealkylation sites (N-methyl/N-ethyl adjacent to an activating group) is 1. The number of hydrogen-bond donors (Lipinski definition) is 2. The van der Waals surface area contributed by atoms with Crippen molar-refractivity contribution in [2.75, 3.05) is 18.9 Å². The standard InChI is InChI=1S/C12H17N3O2.ClH/c1-9(13)12(17)15(2)8-11(16)14-10-6-4-3-5-7-10;/h3-7,9H,8,13H2,1-2H3,(H,14,16);1H/t9-;/m1./s1. The third kappa shape index (κ3) is 5.16. The van der Waals surface area contributed by atoms with Crippen molar-refractivity contribution in [3.05, 3.63) is 30.3 Å². The van der Waals surface area contributed by atoms with E-state index in [0.717, 1.165) is 0 Å². The predicted octanol–water partition coefficient (Wildman–Crippen LogP) is 0.853. The van der Waals surface area contributed by atoms with E-state index in [1.165, 1.54) is 4.90 Å². The van der Waals surface area contributed by atoms with E-state index in [1.54, 1.807) is 26.1 Å². The minimum absolute atomic E-state index is 0. The second kappa shape index (κ2) is 7.68. The monoisotopic (exact) mass is 271 g/mol. The molecule has 0 radical (unpaired) electrons. The third-order valence-corrected chi connectivity index (χ3v) is 2.20. The van der Waals surface area contributed by atoms with Crippen LogP contribution in [0.25, 0.3) is 0 Å². The number of para-hydroxylation sites is 1. The van der Waals surface area contributed by atoms with Gasteiger partial charge in [-0.1, -0.05) is 18.2 Å². The molecule has 0 saturated heterocycles. The van der Waals surface area contributed by atoms with Gasteiger partial charge in [-0.15, -0.1) is 12.4 Å². The van der Waals surface area contributed by atoms with Gasteiger partial charge in [-0.25, -0.2) is 0 Å². The Balaban J connectivity index is 0.00000289. The fourth-order valence-corrected chi connectivity index (χ4v) is 1.36. The number of benzene rings is 1. The van der Waals surface area contributed by atoms with Crippen molar-refractivity contribution in [2.45, 2.75) is 13.0 Å². The molecule has 0 aliphatic heterocycles. The Morgan fingerprint density at radius 3 is 2.39 bits per heavy atom. The number of nitrogens with two attached hydrogens (primary N) is 1. The highest BCUT2D eigenvalue weighted by Crippen LogP contribution is 2.04. The fourth-order valence-electron chi connectivity index (χ4n) is 1.36. The van der Waals surface area contributed by atoms with Gasteiger partial charge in [0.15, 0.2) is 0 Å². The Hall–Kier alpha value is -1.59. The van der Waals surface area contributed by atoms with Crippen LogP contribution in [0.2, 0.25) is 0 Å². The van der Waals surface area contributed by atoms with E-state index < -0.39 is 6.04 Å². The number of carbonyl (C=O) groups excluding carboxylic acids is 2. The minimum Gasteiger partial charge on any atom is -0.335 e. The van der Waals surface area contributed by atoms with Crippen molar-refractivity contribution in [1.82, 2.24) is 4.90 Å². The molecule has 100 valence electrons. The number of rotatable bonds is 4. The number of nitrogens with one attached hydrogen (secondary N) is 1. The summed E-state index contributed by atoms with van der Waals surface area (Å²) >= 11 is 0. The predicted molar refractivity (Wildman–Crippen MR) is 73.6 cm³/mol. The molecule has 1 aromatic rings. The Kier molecular flexibility index (Phi) is 7.00. The van der Waals surface area contributed by atoms with Gasteiger partial charge in [0.05, 0.1) is 12.6 Å². The van der Waals surface area contributed by atoms with Gasteiger partial charge in [0, 0.05) is 12.7 Å². The highest BCUT2D eigenvalue weighted by Gasteiger charge is 2.16. The second-order valence-electron chi connectivity index (χ2n) is 3.90. The van der Waals surface area contributed by atoms with Gasteiger partial charge in [-0.05, 0) is 19.1 Å². The summed E-state index contributed by atoms with van der Waals surface area (Å²) in [6, 6.07) is 8.49. The molecule has 0 unspecified atom stereocenters. The van der Waals surface area contributed by atoms with E-state index in [-0.39, 0.29) is 30.8 Å². The molecule has 0 spiro atoms. The van der Waals surface area contributed by atoms with E-state index in [9.17, 15) is 9.59 Å². The molecule has 0 aromatic heterocycles. The van der Waals surface area contributed by atoms with Crippen LogP contribution in [0.4, 0.5) is 5.69 Å². The van der Waals surface area contributed by atoms with Crippen LogP contribution in [0.3, 0.4) is 0 Å². The van der Waals surface area contributed by atoms with Crippen LogP contribution in [0, 0.1) is 0 Å². The number of nitrogens with zero attached hydrogens (tertiary/aromatic N) is 1. The van der Waals surface area contributed by atoms with E-state index in [1.807, 2.05) is 18.2 Å². The van der Waals surface area contributed by atoms with Crippen LogP contribution in [0.1, 0.15) is 6.92 Å². The lowest BCUT2D eigenvalue weighted by Crippen LogP contribution is -2.43. The first kappa shape index (κ1) is 16.4. The second-order valence-corrected chi connectivity index (χ2v) is 3.90. The van der Waals surface area contributed by atoms with Gasteiger partial charge in [-0.3, -0.25) is 9.59 Å². The van der Waals surface area contributed by atoms with E-state index in [4.69, 9.17) is 5.73 Å². The first-order chi connectivity index (χ1) is 8.00. The van der Waals surface area contributed by atoms with Crippen molar-refractivity contribution in [2.24, 2.45) is 5.73 Å². The Bertz CT molecular complexity index is 396. The largest absolute Gasteiger partial charge is 0.335 e. The topological polar surface area (TPSA) is 75.4 Å². The summed E-state index contributed by atoms with van der Waals surface area (Å²) in [6.45, 7) is 1.59. The van der Waals surface area contributed by atoms with E-state index in [0.29, 0.717) is 5.69 Å². The molecule has 0 fully saturated rings. The van der Waals surface area contributed by atoms with Gasteiger partial charge in [0.25, 0.3) is 0 Å². The summed E-state index contributed by atoms with van der Waals surface area (Å²) in [5.74, 6) is -0.499. The first-order valence-electron chi connectivity index (χ1n) is 5.36. The molecule has 1 aromatic carbocycles. The molecule has 6 heteroatoms. The number of amides is 2. The number of anilines is 1. The summed E-state index contributed by atoms with van der Waals surface area (Å²) in [6.07, 6.45) is 0. The molecule has 18 heavy (non-hydrogen) atoms. The third-order valence-electron chi connectivity index (χ3n) is 2.20. The van der Waals surface area contributed by atoms with Crippen LogP contribution in [-0.4, -0.2) is 36.3 Å². The zero-order valence-electron chi connectivity index (χ0n) is 10.4. The molecule has 1 rings (SSSR count). The van der Waals surface area contributed by atoms with Crippen molar-refractivity contribution < 1.29 is 9.59 Å². The SMILES string of the molecule is C[C@@H](N)C(=O)N(C)CC(=O)Nc1ccccc1.Cl. The molecule has 1 atom stereocenters. The lowest BCUT2D eigenvalue weighted by molar-refractivity contribution is -0.134. The molecule has 2 amide bonds. The quantitative estimate of drug-likeness (QED) is 0.853. The molecular weight excluding hydrogens is 254 g/mol. The molecule has 5 nitrogen and oxygen atoms in total. The van der Waals surface area contributed by atoms with E-state index >= 15 is 0 Å². The summed E-state index contributed by atoms with van der Waals surface area (Å²) < 4.78 is 0.